The molecule has 11 aromatic rings. The third-order valence-corrected chi connectivity index (χ3v) is 12.3. The first kappa shape index (κ1) is 41.0. The third kappa shape index (κ3) is 8.10. The van der Waals surface area contributed by atoms with Gasteiger partial charge < -0.3 is 0 Å². The normalized spacial score (nSPS) is 11.1. The van der Waals surface area contributed by atoms with Crippen LogP contribution < -0.4 is 0 Å². The predicted octanol–water partition coefficient (Wildman–Crippen LogP) is 17.0. The van der Waals surface area contributed by atoms with Gasteiger partial charge in [-0.25, -0.2) is 15.0 Å². The molecule has 0 radical (unpaired) electrons. The van der Waals surface area contributed by atoms with Crippen molar-refractivity contribution in [3.63, 3.8) is 0 Å². The smallest absolute Gasteiger partial charge is 0.164 e. The molecule has 0 aliphatic rings. The fraction of sp³-hybridized carbons (Fsp3) is 0.0806. The van der Waals surface area contributed by atoms with Gasteiger partial charge in [0.05, 0.1) is 0 Å². The predicted molar refractivity (Wildman–Crippen MR) is 276 cm³/mol. The van der Waals surface area contributed by atoms with E-state index >= 15 is 0 Å². The van der Waals surface area contributed by atoms with E-state index in [-0.39, 0.29) is 0 Å². The van der Waals surface area contributed by atoms with E-state index < -0.39 is 0 Å². The molecular weight excluding hydrogens is 787 g/mol. The largest absolute Gasteiger partial charge is 0.208 e. The number of hydrogen-bond acceptors (Lipinski definition) is 3. The molecule has 0 N–H and O–H groups in total. The first-order valence-corrected chi connectivity index (χ1v) is 22.6. The average Bonchev–Trinajstić information content (AvgIpc) is 3.37. The Bertz CT molecular complexity index is 3460. The number of aryl methyl sites for hydroxylation is 1. The molecule has 3 heteroatoms. The summed E-state index contributed by atoms with van der Waals surface area (Å²) in [7, 11) is 0. The summed E-state index contributed by atoms with van der Waals surface area (Å²) in [5, 5.41) is 7.34. The molecular formula is C62H49N3. The van der Waals surface area contributed by atoms with Crippen LogP contribution in [0.2, 0.25) is 0 Å². The Balaban J connectivity index is 0.00000162. The second-order valence-corrected chi connectivity index (χ2v) is 16.8. The van der Waals surface area contributed by atoms with Gasteiger partial charge >= 0.3 is 0 Å². The molecule has 0 fully saturated rings. The number of rotatable bonds is 7. The van der Waals surface area contributed by atoms with Crippen LogP contribution in [0, 0.1) is 13.8 Å². The standard InChI is InChI=1S/C59H41N3.C3H8/c1-38-15-6-7-22-48(38)50-28-14-27-49(39(50)2)45-20-12-18-43(35-45)40-29-31-41(32-30-40)44-19-13-21-46(36-44)58-60-57(42-16-4-3-5-17-42)61-59(62-58)47-33-34-55-53-25-9-8-23-51(53)52-24-10-11-26-54(52)56(55)37-47;1-3-2/h3-37H,1-2H3;3H2,1-2H3. The minimum atomic E-state index is 0.634. The van der Waals surface area contributed by atoms with E-state index in [1.807, 2.05) is 18.2 Å². The van der Waals surface area contributed by atoms with Crippen LogP contribution in [-0.4, -0.2) is 15.0 Å². The maximum Gasteiger partial charge on any atom is 0.164 e. The van der Waals surface area contributed by atoms with Gasteiger partial charge in [0.2, 0.25) is 0 Å². The molecule has 0 aliphatic heterocycles. The molecule has 0 aliphatic carbocycles. The SMILES string of the molecule is CCC.Cc1ccccc1-c1cccc(-c2cccc(-c3ccc(-c4cccc(-c5nc(-c6ccccc6)nc(-c6ccc7c8ccccc8c8ccccc8c7c6)n5)c4)cc3)c2)c1C. The molecule has 0 unspecified atom stereocenters. The van der Waals surface area contributed by atoms with E-state index in [1.165, 1.54) is 83.2 Å². The van der Waals surface area contributed by atoms with Gasteiger partial charge in [-0.1, -0.05) is 214 Å². The van der Waals surface area contributed by atoms with E-state index in [0.717, 1.165) is 27.8 Å². The Kier molecular flexibility index (Phi) is 11.4. The van der Waals surface area contributed by atoms with Crippen LogP contribution in [0.3, 0.4) is 0 Å². The van der Waals surface area contributed by atoms with E-state index in [9.17, 15) is 0 Å². The Morgan fingerprint density at radius 3 is 1.26 bits per heavy atom. The molecule has 0 amide bonds. The van der Waals surface area contributed by atoms with Crippen molar-refractivity contribution in [2.24, 2.45) is 0 Å². The van der Waals surface area contributed by atoms with Crippen LogP contribution in [-0.2, 0) is 0 Å². The molecule has 0 saturated heterocycles. The number of hydrogen-bond donors (Lipinski definition) is 0. The van der Waals surface area contributed by atoms with Gasteiger partial charge in [0.25, 0.3) is 0 Å². The molecule has 65 heavy (non-hydrogen) atoms. The summed E-state index contributed by atoms with van der Waals surface area (Å²) < 4.78 is 0. The summed E-state index contributed by atoms with van der Waals surface area (Å²) in [6, 6.07) is 75.6. The molecule has 1 heterocycles. The summed E-state index contributed by atoms with van der Waals surface area (Å²) in [6.45, 7) is 8.67. The van der Waals surface area contributed by atoms with Gasteiger partial charge in [0, 0.05) is 16.7 Å². The highest BCUT2D eigenvalue weighted by Crippen LogP contribution is 2.39. The summed E-state index contributed by atoms with van der Waals surface area (Å²) in [6.07, 6.45) is 1.25. The van der Waals surface area contributed by atoms with Crippen LogP contribution in [0.4, 0.5) is 0 Å². The quantitative estimate of drug-likeness (QED) is 0.150. The fourth-order valence-corrected chi connectivity index (χ4v) is 9.07. The Morgan fingerprint density at radius 1 is 0.277 bits per heavy atom. The van der Waals surface area contributed by atoms with Crippen molar-refractivity contribution in [2.45, 2.75) is 34.1 Å². The van der Waals surface area contributed by atoms with Gasteiger partial charge in [-0.05, 0) is 120 Å². The number of benzene rings is 10. The zero-order valence-corrected chi connectivity index (χ0v) is 37.3. The molecule has 10 aromatic carbocycles. The lowest BCUT2D eigenvalue weighted by Crippen LogP contribution is -2.00. The molecule has 0 bridgehead atoms. The second-order valence-electron chi connectivity index (χ2n) is 16.8. The van der Waals surface area contributed by atoms with Crippen molar-refractivity contribution in [1.82, 2.24) is 15.0 Å². The molecule has 0 spiro atoms. The van der Waals surface area contributed by atoms with Crippen molar-refractivity contribution in [1.29, 1.82) is 0 Å². The van der Waals surface area contributed by atoms with Gasteiger partial charge in [-0.3, -0.25) is 0 Å². The van der Waals surface area contributed by atoms with Crippen molar-refractivity contribution < 1.29 is 0 Å². The van der Waals surface area contributed by atoms with E-state index in [2.05, 4.69) is 222 Å². The first-order chi connectivity index (χ1) is 32.0. The van der Waals surface area contributed by atoms with E-state index in [4.69, 9.17) is 15.0 Å². The summed E-state index contributed by atoms with van der Waals surface area (Å²) >= 11 is 0. The zero-order chi connectivity index (χ0) is 44.3. The minimum Gasteiger partial charge on any atom is -0.208 e. The molecule has 312 valence electrons. The van der Waals surface area contributed by atoms with E-state index in [1.54, 1.807) is 0 Å². The van der Waals surface area contributed by atoms with Gasteiger partial charge in [0.1, 0.15) is 0 Å². The molecule has 1 aromatic heterocycles. The number of nitrogens with zero attached hydrogens (tertiary/aromatic N) is 3. The van der Waals surface area contributed by atoms with Crippen LogP contribution in [0.25, 0.3) is 111 Å². The summed E-state index contributed by atoms with van der Waals surface area (Å²) in [4.78, 5) is 15.4. The van der Waals surface area contributed by atoms with Crippen LogP contribution >= 0.6 is 0 Å². The maximum absolute atomic E-state index is 5.18. The van der Waals surface area contributed by atoms with Crippen molar-refractivity contribution in [2.75, 3.05) is 0 Å². The lowest BCUT2D eigenvalue weighted by Gasteiger charge is -2.15. The molecule has 0 saturated carbocycles. The lowest BCUT2D eigenvalue weighted by atomic mass is 9.90. The minimum absolute atomic E-state index is 0.634. The third-order valence-electron chi connectivity index (χ3n) is 12.3. The maximum atomic E-state index is 5.18. The summed E-state index contributed by atoms with van der Waals surface area (Å²) in [5.41, 5.74) is 15.0. The van der Waals surface area contributed by atoms with Gasteiger partial charge in [-0.15, -0.1) is 0 Å². The highest BCUT2D eigenvalue weighted by Gasteiger charge is 2.16. The van der Waals surface area contributed by atoms with E-state index in [0.29, 0.717) is 17.5 Å². The van der Waals surface area contributed by atoms with Crippen LogP contribution in [0.1, 0.15) is 31.4 Å². The average molecular weight is 836 g/mol. The number of fused-ring (bicyclic) bond motifs is 6. The van der Waals surface area contributed by atoms with Crippen LogP contribution in [0.5, 0.6) is 0 Å². The molecule has 3 nitrogen and oxygen atoms in total. The van der Waals surface area contributed by atoms with Gasteiger partial charge in [-0.2, -0.15) is 0 Å². The summed E-state index contributed by atoms with van der Waals surface area (Å²) in [5.74, 6) is 1.92. The second kappa shape index (κ2) is 18.0. The monoisotopic (exact) mass is 835 g/mol. The topological polar surface area (TPSA) is 38.7 Å². The van der Waals surface area contributed by atoms with Crippen molar-refractivity contribution in [3.05, 3.63) is 223 Å². The lowest BCUT2D eigenvalue weighted by molar-refractivity contribution is 1.07. The Morgan fingerprint density at radius 2 is 0.662 bits per heavy atom. The first-order valence-electron chi connectivity index (χ1n) is 22.6. The Hall–Kier alpha value is -8.01. The highest BCUT2D eigenvalue weighted by atomic mass is 15.0. The molecule has 0 atom stereocenters. The zero-order valence-electron chi connectivity index (χ0n) is 37.3. The van der Waals surface area contributed by atoms with Crippen molar-refractivity contribution >= 4 is 32.3 Å². The Labute approximate surface area is 381 Å². The highest BCUT2D eigenvalue weighted by molar-refractivity contribution is 6.25. The van der Waals surface area contributed by atoms with Gasteiger partial charge in [0.15, 0.2) is 17.5 Å². The van der Waals surface area contributed by atoms with Crippen LogP contribution in [0.15, 0.2) is 212 Å². The van der Waals surface area contributed by atoms with Crippen molar-refractivity contribution in [3.8, 4) is 78.7 Å². The molecule has 11 rings (SSSR count). The fourth-order valence-electron chi connectivity index (χ4n) is 9.07. The number of aromatic nitrogens is 3.